The van der Waals surface area contributed by atoms with E-state index in [0.29, 0.717) is 25.3 Å². The van der Waals surface area contributed by atoms with Gasteiger partial charge in [0.15, 0.2) is 0 Å². The average molecular weight is 416 g/mol. The molecule has 1 N–H and O–H groups in total. The Labute approximate surface area is 176 Å². The van der Waals surface area contributed by atoms with Crippen LogP contribution in [0.3, 0.4) is 0 Å². The highest BCUT2D eigenvalue weighted by atomic mass is 35.5. The van der Waals surface area contributed by atoms with E-state index in [1.807, 2.05) is 29.2 Å². The molecule has 1 aromatic heterocycles. The van der Waals surface area contributed by atoms with Crippen molar-refractivity contribution < 1.29 is 14.0 Å². The van der Waals surface area contributed by atoms with Crippen molar-refractivity contribution in [3.63, 3.8) is 0 Å². The van der Waals surface area contributed by atoms with E-state index in [4.69, 9.17) is 16.0 Å². The monoisotopic (exact) mass is 415 g/mol. The van der Waals surface area contributed by atoms with Crippen LogP contribution in [0.2, 0.25) is 5.02 Å². The molecule has 0 bridgehead atoms. The van der Waals surface area contributed by atoms with Crippen molar-refractivity contribution in [1.82, 2.24) is 15.1 Å². The van der Waals surface area contributed by atoms with Gasteiger partial charge in [-0.3, -0.25) is 14.5 Å². The van der Waals surface area contributed by atoms with Crippen LogP contribution >= 0.6 is 11.6 Å². The van der Waals surface area contributed by atoms with Crippen LogP contribution in [0.5, 0.6) is 0 Å². The van der Waals surface area contributed by atoms with Crippen molar-refractivity contribution in [2.45, 2.75) is 19.4 Å². The van der Waals surface area contributed by atoms with E-state index in [1.54, 1.807) is 24.5 Å². The van der Waals surface area contributed by atoms with E-state index >= 15 is 0 Å². The summed E-state index contributed by atoms with van der Waals surface area (Å²) in [6.45, 7) is 4.44. The number of nitrogens with zero attached hydrogens (tertiary/aromatic N) is 2. The molecule has 0 saturated carbocycles. The van der Waals surface area contributed by atoms with E-state index in [2.05, 4.69) is 10.2 Å². The lowest BCUT2D eigenvalue weighted by Crippen LogP contribution is -2.37. The van der Waals surface area contributed by atoms with Gasteiger partial charge in [0.05, 0.1) is 6.26 Å². The van der Waals surface area contributed by atoms with E-state index in [-0.39, 0.29) is 11.8 Å². The first-order valence-corrected chi connectivity index (χ1v) is 10.2. The Kier molecular flexibility index (Phi) is 7.90. The molecular weight excluding hydrogens is 390 g/mol. The van der Waals surface area contributed by atoms with Crippen LogP contribution in [0, 0.1) is 0 Å². The Bertz CT molecular complexity index is 818. The summed E-state index contributed by atoms with van der Waals surface area (Å²) in [5, 5.41) is 3.48. The topological polar surface area (TPSA) is 65.8 Å². The molecule has 1 aliphatic rings. The summed E-state index contributed by atoms with van der Waals surface area (Å²) in [7, 11) is 0. The minimum atomic E-state index is -0.237. The fraction of sp³-hybridized carbons (Fsp3) is 0.364. The van der Waals surface area contributed by atoms with Crippen molar-refractivity contribution in [3.05, 3.63) is 65.1 Å². The molecule has 1 aromatic carbocycles. The first-order valence-electron chi connectivity index (χ1n) is 9.84. The number of hydrogen-bond acceptors (Lipinski definition) is 4. The lowest BCUT2D eigenvalue weighted by atomic mass is 10.2. The first kappa shape index (κ1) is 21.1. The molecule has 2 heterocycles. The van der Waals surface area contributed by atoms with Gasteiger partial charge < -0.3 is 14.6 Å². The highest BCUT2D eigenvalue weighted by Gasteiger charge is 2.19. The standard InChI is InChI=1S/C22H26ClN3O3/c23-19-6-4-18(5-7-19)17-25-12-2-13-26(15-14-25)22(28)10-11-24-21(27)9-8-20-3-1-16-29-20/h1,3-9,16H,2,10-15,17H2,(H,24,27)/b9-8+. The van der Waals surface area contributed by atoms with Gasteiger partial charge in [-0.15, -0.1) is 0 Å². The van der Waals surface area contributed by atoms with Crippen LogP contribution in [-0.4, -0.2) is 54.3 Å². The zero-order valence-electron chi connectivity index (χ0n) is 16.4. The molecule has 1 fully saturated rings. The fourth-order valence-electron chi connectivity index (χ4n) is 3.28. The third-order valence-electron chi connectivity index (χ3n) is 4.84. The predicted octanol–water partition coefficient (Wildman–Crippen LogP) is 3.19. The van der Waals surface area contributed by atoms with Crippen molar-refractivity contribution >= 4 is 29.5 Å². The minimum absolute atomic E-state index is 0.0775. The largest absolute Gasteiger partial charge is 0.465 e. The fourth-order valence-corrected chi connectivity index (χ4v) is 3.41. The Morgan fingerprint density at radius 3 is 2.69 bits per heavy atom. The van der Waals surface area contributed by atoms with Gasteiger partial charge in [0.25, 0.3) is 0 Å². The number of furan rings is 1. The molecule has 29 heavy (non-hydrogen) atoms. The van der Waals surface area contributed by atoms with E-state index < -0.39 is 0 Å². The highest BCUT2D eigenvalue weighted by molar-refractivity contribution is 6.30. The van der Waals surface area contributed by atoms with E-state index in [9.17, 15) is 9.59 Å². The SMILES string of the molecule is O=C(/C=C/c1ccco1)NCCC(=O)N1CCCN(Cc2ccc(Cl)cc2)CC1. The van der Waals surface area contributed by atoms with Crippen LogP contribution in [0.25, 0.3) is 6.08 Å². The third-order valence-corrected chi connectivity index (χ3v) is 5.09. The number of carbonyl (C=O) groups excluding carboxylic acids is 2. The van der Waals surface area contributed by atoms with Crippen molar-refractivity contribution in [3.8, 4) is 0 Å². The molecule has 6 nitrogen and oxygen atoms in total. The van der Waals surface area contributed by atoms with Crippen molar-refractivity contribution in [2.24, 2.45) is 0 Å². The second kappa shape index (κ2) is 10.8. The van der Waals surface area contributed by atoms with Crippen LogP contribution in [0.4, 0.5) is 0 Å². The molecular formula is C22H26ClN3O3. The number of amides is 2. The Morgan fingerprint density at radius 1 is 1.10 bits per heavy atom. The van der Waals surface area contributed by atoms with Crippen molar-refractivity contribution in [1.29, 1.82) is 0 Å². The number of nitrogens with one attached hydrogen (secondary N) is 1. The molecule has 2 aromatic rings. The van der Waals surface area contributed by atoms with Crippen LogP contribution < -0.4 is 5.32 Å². The maximum Gasteiger partial charge on any atom is 0.244 e. The molecule has 154 valence electrons. The van der Waals surface area contributed by atoms with Gasteiger partial charge >= 0.3 is 0 Å². The Morgan fingerprint density at radius 2 is 1.93 bits per heavy atom. The van der Waals surface area contributed by atoms with Gasteiger partial charge in [-0.05, 0) is 42.3 Å². The van der Waals surface area contributed by atoms with Gasteiger partial charge in [0.1, 0.15) is 5.76 Å². The maximum atomic E-state index is 12.5. The summed E-state index contributed by atoms with van der Waals surface area (Å²) in [5.41, 5.74) is 1.22. The Balaban J connectivity index is 1.37. The second-order valence-corrected chi connectivity index (χ2v) is 7.46. The summed E-state index contributed by atoms with van der Waals surface area (Å²) in [4.78, 5) is 28.6. The quantitative estimate of drug-likeness (QED) is 0.705. The zero-order valence-corrected chi connectivity index (χ0v) is 17.1. The smallest absolute Gasteiger partial charge is 0.244 e. The van der Waals surface area contributed by atoms with E-state index in [1.165, 1.54) is 11.6 Å². The third kappa shape index (κ3) is 7.07. The second-order valence-electron chi connectivity index (χ2n) is 7.03. The molecule has 0 atom stereocenters. The summed E-state index contributed by atoms with van der Waals surface area (Å²) in [6, 6.07) is 11.4. The molecule has 0 radical (unpaired) electrons. The number of rotatable bonds is 7. The summed E-state index contributed by atoms with van der Waals surface area (Å²) in [6.07, 6.45) is 5.80. The van der Waals surface area contributed by atoms with Gasteiger partial charge in [0.2, 0.25) is 11.8 Å². The summed E-state index contributed by atoms with van der Waals surface area (Å²) in [5.74, 6) is 0.455. The molecule has 7 heteroatoms. The summed E-state index contributed by atoms with van der Waals surface area (Å²) < 4.78 is 5.13. The number of carbonyl (C=O) groups is 2. The predicted molar refractivity (Wildman–Crippen MR) is 113 cm³/mol. The van der Waals surface area contributed by atoms with Crippen LogP contribution in [0.1, 0.15) is 24.2 Å². The highest BCUT2D eigenvalue weighted by Crippen LogP contribution is 2.13. The first-order chi connectivity index (χ1) is 14.1. The molecule has 0 spiro atoms. The lowest BCUT2D eigenvalue weighted by Gasteiger charge is -2.22. The van der Waals surface area contributed by atoms with Crippen LogP contribution in [0.15, 0.2) is 53.2 Å². The average Bonchev–Trinajstić information content (AvgIpc) is 3.13. The summed E-state index contributed by atoms with van der Waals surface area (Å²) >= 11 is 5.94. The molecule has 2 amide bonds. The van der Waals surface area contributed by atoms with Crippen molar-refractivity contribution in [2.75, 3.05) is 32.7 Å². The molecule has 1 aliphatic heterocycles. The molecule has 0 aliphatic carbocycles. The zero-order chi connectivity index (χ0) is 20.5. The number of benzene rings is 1. The maximum absolute atomic E-state index is 12.5. The minimum Gasteiger partial charge on any atom is -0.465 e. The molecule has 3 rings (SSSR count). The number of hydrogen-bond donors (Lipinski definition) is 1. The molecule has 1 saturated heterocycles. The van der Waals surface area contributed by atoms with Gasteiger partial charge in [0, 0.05) is 56.8 Å². The van der Waals surface area contributed by atoms with Gasteiger partial charge in [-0.1, -0.05) is 23.7 Å². The van der Waals surface area contributed by atoms with Gasteiger partial charge in [-0.2, -0.15) is 0 Å². The van der Waals surface area contributed by atoms with E-state index in [0.717, 1.165) is 37.6 Å². The van der Waals surface area contributed by atoms with Gasteiger partial charge in [-0.25, -0.2) is 0 Å². The normalized spacial score (nSPS) is 15.4. The number of halogens is 1. The van der Waals surface area contributed by atoms with Crippen LogP contribution in [-0.2, 0) is 16.1 Å². The molecule has 0 unspecified atom stereocenters. The lowest BCUT2D eigenvalue weighted by molar-refractivity contribution is -0.131. The Hall–Kier alpha value is -2.57.